The summed E-state index contributed by atoms with van der Waals surface area (Å²) in [5, 5.41) is 8.70. The van der Waals surface area contributed by atoms with Gasteiger partial charge < -0.3 is 20.9 Å². The van der Waals surface area contributed by atoms with Gasteiger partial charge in [-0.05, 0) is 37.0 Å². The molecule has 0 saturated carbocycles. The average molecular weight is 374 g/mol. The summed E-state index contributed by atoms with van der Waals surface area (Å²) < 4.78 is 0. The van der Waals surface area contributed by atoms with Crippen LogP contribution in [0.1, 0.15) is 45.6 Å². The van der Waals surface area contributed by atoms with Crippen LogP contribution in [0.3, 0.4) is 0 Å². The number of hydrogen-bond acceptors (Lipinski definition) is 3. The van der Waals surface area contributed by atoms with Gasteiger partial charge in [0, 0.05) is 44.2 Å². The average Bonchev–Trinajstić information content (AvgIpc) is 2.65. The molecule has 3 N–H and O–H groups in total. The topological polar surface area (TPSA) is 90.5 Å². The molecule has 0 bridgehead atoms. The minimum absolute atomic E-state index is 0.00369. The molecule has 1 aliphatic rings. The molecular weight excluding hydrogens is 344 g/mol. The van der Waals surface area contributed by atoms with Crippen LogP contribution >= 0.6 is 0 Å². The molecule has 1 aromatic rings. The zero-order valence-electron chi connectivity index (χ0n) is 16.4. The minimum atomic E-state index is -0.140. The van der Waals surface area contributed by atoms with Crippen molar-refractivity contribution >= 4 is 23.5 Å². The van der Waals surface area contributed by atoms with E-state index in [0.29, 0.717) is 19.6 Å². The van der Waals surface area contributed by atoms with E-state index in [1.165, 1.54) is 6.92 Å². The molecule has 7 nitrogen and oxygen atoms in total. The largest absolute Gasteiger partial charge is 0.352 e. The summed E-state index contributed by atoms with van der Waals surface area (Å²) in [5.74, 6) is -0.112. The van der Waals surface area contributed by atoms with Crippen molar-refractivity contribution < 1.29 is 14.4 Å². The van der Waals surface area contributed by atoms with Crippen LogP contribution in [0, 0.1) is 5.92 Å². The summed E-state index contributed by atoms with van der Waals surface area (Å²) in [6.45, 7) is 6.96. The maximum Gasteiger partial charge on any atom is 0.317 e. The van der Waals surface area contributed by atoms with E-state index in [1.54, 1.807) is 4.90 Å². The van der Waals surface area contributed by atoms with Crippen molar-refractivity contribution in [2.45, 2.75) is 52.6 Å². The Morgan fingerprint density at radius 2 is 2.07 bits per heavy atom. The lowest BCUT2D eigenvalue weighted by Crippen LogP contribution is -2.51. The standard InChI is InChI=1S/C20H30N4O3/c1-4-14(2)19(26)23-17-8-5-7-16(11-17)12-21-20(27)24-10-6-9-18(13-24)22-15(3)25/h5,7-8,11,14,18H,4,6,9-10,12-13H2,1-3H3,(H,21,27)(H,22,25)(H,23,26). The van der Waals surface area contributed by atoms with Gasteiger partial charge in [-0.2, -0.15) is 0 Å². The van der Waals surface area contributed by atoms with Gasteiger partial charge in [-0.25, -0.2) is 4.79 Å². The summed E-state index contributed by atoms with van der Waals surface area (Å²) in [5.41, 5.74) is 1.65. The summed E-state index contributed by atoms with van der Waals surface area (Å²) in [6, 6.07) is 7.36. The first-order valence-electron chi connectivity index (χ1n) is 9.58. The third-order valence-corrected chi connectivity index (χ3v) is 4.81. The summed E-state index contributed by atoms with van der Waals surface area (Å²) in [4.78, 5) is 37.4. The second-order valence-electron chi connectivity index (χ2n) is 7.14. The number of carbonyl (C=O) groups excluding carboxylic acids is 3. The Labute approximate surface area is 160 Å². The van der Waals surface area contributed by atoms with Crippen LogP contribution in [0.5, 0.6) is 0 Å². The monoisotopic (exact) mass is 374 g/mol. The van der Waals surface area contributed by atoms with E-state index in [9.17, 15) is 14.4 Å². The summed E-state index contributed by atoms with van der Waals surface area (Å²) in [6.07, 6.45) is 2.55. The van der Waals surface area contributed by atoms with Crippen molar-refractivity contribution in [2.24, 2.45) is 5.92 Å². The van der Waals surface area contributed by atoms with E-state index in [-0.39, 0.29) is 29.8 Å². The van der Waals surface area contributed by atoms with Gasteiger partial charge in [-0.3, -0.25) is 9.59 Å². The van der Waals surface area contributed by atoms with Crippen LogP contribution in [0.2, 0.25) is 0 Å². The molecule has 1 fully saturated rings. The van der Waals surface area contributed by atoms with Crippen LogP contribution in [0.15, 0.2) is 24.3 Å². The first kappa shape index (κ1) is 20.7. The SMILES string of the molecule is CCC(C)C(=O)Nc1cccc(CNC(=O)N2CCCC(NC(C)=O)C2)c1. The molecule has 2 atom stereocenters. The fourth-order valence-corrected chi connectivity index (χ4v) is 3.07. The molecular formula is C20H30N4O3. The van der Waals surface area contributed by atoms with E-state index < -0.39 is 0 Å². The molecule has 0 aromatic heterocycles. The summed E-state index contributed by atoms with van der Waals surface area (Å²) in [7, 11) is 0. The number of nitrogens with one attached hydrogen (secondary N) is 3. The molecule has 1 heterocycles. The predicted octanol–water partition coefficient (Wildman–Crippen LogP) is 2.48. The molecule has 148 valence electrons. The molecule has 1 saturated heterocycles. The quantitative estimate of drug-likeness (QED) is 0.714. The minimum Gasteiger partial charge on any atom is -0.352 e. The van der Waals surface area contributed by atoms with Crippen molar-refractivity contribution in [2.75, 3.05) is 18.4 Å². The zero-order valence-corrected chi connectivity index (χ0v) is 16.4. The molecule has 4 amide bonds. The maximum absolute atomic E-state index is 12.4. The molecule has 1 aromatic carbocycles. The van der Waals surface area contributed by atoms with Crippen molar-refractivity contribution in [1.82, 2.24) is 15.5 Å². The van der Waals surface area contributed by atoms with Gasteiger partial charge in [0.2, 0.25) is 11.8 Å². The smallest absolute Gasteiger partial charge is 0.317 e. The zero-order chi connectivity index (χ0) is 19.8. The van der Waals surface area contributed by atoms with Crippen LogP contribution in [0.4, 0.5) is 10.5 Å². The fraction of sp³-hybridized carbons (Fsp3) is 0.550. The third-order valence-electron chi connectivity index (χ3n) is 4.81. The van der Waals surface area contributed by atoms with Crippen molar-refractivity contribution in [3.05, 3.63) is 29.8 Å². The number of nitrogens with zero attached hydrogens (tertiary/aromatic N) is 1. The Bertz CT molecular complexity index is 677. The molecule has 27 heavy (non-hydrogen) atoms. The van der Waals surface area contributed by atoms with Crippen LogP contribution < -0.4 is 16.0 Å². The lowest BCUT2D eigenvalue weighted by atomic mass is 10.1. The second kappa shape index (κ2) is 9.94. The predicted molar refractivity (Wildman–Crippen MR) is 105 cm³/mol. The number of hydrogen-bond donors (Lipinski definition) is 3. The Hall–Kier alpha value is -2.57. The molecule has 0 spiro atoms. The van der Waals surface area contributed by atoms with Gasteiger partial charge >= 0.3 is 6.03 Å². The highest BCUT2D eigenvalue weighted by Crippen LogP contribution is 2.14. The van der Waals surface area contributed by atoms with E-state index in [4.69, 9.17) is 0 Å². The van der Waals surface area contributed by atoms with Crippen LogP contribution in [0.25, 0.3) is 0 Å². The van der Waals surface area contributed by atoms with Crippen LogP contribution in [-0.2, 0) is 16.1 Å². The molecule has 0 radical (unpaired) electrons. The van der Waals surface area contributed by atoms with E-state index in [1.807, 2.05) is 38.1 Å². The van der Waals surface area contributed by atoms with Gasteiger partial charge in [0.05, 0.1) is 0 Å². The number of anilines is 1. The Balaban J connectivity index is 1.86. The third kappa shape index (κ3) is 6.58. The van der Waals surface area contributed by atoms with Crippen molar-refractivity contribution in [3.63, 3.8) is 0 Å². The van der Waals surface area contributed by atoms with Gasteiger partial charge in [-0.15, -0.1) is 0 Å². The highest BCUT2D eigenvalue weighted by atomic mass is 16.2. The van der Waals surface area contributed by atoms with Crippen molar-refractivity contribution in [3.8, 4) is 0 Å². The highest BCUT2D eigenvalue weighted by Gasteiger charge is 2.23. The van der Waals surface area contributed by atoms with Gasteiger partial charge in [0.1, 0.15) is 0 Å². The van der Waals surface area contributed by atoms with Gasteiger partial charge in [0.25, 0.3) is 0 Å². The van der Waals surface area contributed by atoms with E-state index in [2.05, 4.69) is 16.0 Å². The number of rotatable bonds is 6. The molecule has 1 aliphatic heterocycles. The summed E-state index contributed by atoms with van der Waals surface area (Å²) >= 11 is 0. The Morgan fingerprint density at radius 3 is 2.78 bits per heavy atom. The normalized spacial score (nSPS) is 17.7. The highest BCUT2D eigenvalue weighted by molar-refractivity contribution is 5.92. The Morgan fingerprint density at radius 1 is 1.30 bits per heavy atom. The molecule has 0 aliphatic carbocycles. The number of piperidine rings is 1. The van der Waals surface area contributed by atoms with Gasteiger partial charge in [0.15, 0.2) is 0 Å². The van der Waals surface area contributed by atoms with E-state index in [0.717, 1.165) is 30.5 Å². The lowest BCUT2D eigenvalue weighted by molar-refractivity contribution is -0.120. The fourth-order valence-electron chi connectivity index (χ4n) is 3.07. The number of carbonyl (C=O) groups is 3. The Kier molecular flexibility index (Phi) is 7.64. The number of urea groups is 1. The number of amides is 4. The maximum atomic E-state index is 12.4. The molecule has 7 heteroatoms. The number of benzene rings is 1. The van der Waals surface area contributed by atoms with Gasteiger partial charge in [-0.1, -0.05) is 26.0 Å². The van der Waals surface area contributed by atoms with Crippen LogP contribution in [-0.4, -0.2) is 41.9 Å². The first-order valence-corrected chi connectivity index (χ1v) is 9.58. The molecule has 2 rings (SSSR count). The lowest BCUT2D eigenvalue weighted by Gasteiger charge is -2.33. The number of likely N-dealkylation sites (tertiary alicyclic amines) is 1. The first-order chi connectivity index (χ1) is 12.9. The second-order valence-corrected chi connectivity index (χ2v) is 7.14. The van der Waals surface area contributed by atoms with Crippen molar-refractivity contribution in [1.29, 1.82) is 0 Å². The molecule has 2 unspecified atom stereocenters. The van der Waals surface area contributed by atoms with E-state index >= 15 is 0 Å².